The zero-order valence-corrected chi connectivity index (χ0v) is 14.7. The monoisotopic (exact) mass is 332 g/mol. The molecule has 1 aromatic carbocycles. The van der Waals surface area contributed by atoms with E-state index in [4.69, 9.17) is 0 Å². The predicted octanol–water partition coefficient (Wildman–Crippen LogP) is 1.88. The third-order valence-electron chi connectivity index (χ3n) is 3.62. The smallest absolute Gasteiger partial charge is 0.191 e. The maximum Gasteiger partial charge on any atom is 0.191 e. The van der Waals surface area contributed by atoms with E-state index in [-0.39, 0.29) is 5.82 Å². The van der Waals surface area contributed by atoms with Crippen LogP contribution in [0.3, 0.4) is 0 Å². The highest BCUT2D eigenvalue weighted by molar-refractivity contribution is 5.79. The molecule has 1 heterocycles. The van der Waals surface area contributed by atoms with Crippen molar-refractivity contribution in [1.29, 1.82) is 0 Å². The van der Waals surface area contributed by atoms with Gasteiger partial charge in [-0.15, -0.1) is 0 Å². The predicted molar refractivity (Wildman–Crippen MR) is 95.6 cm³/mol. The molecule has 2 aromatic rings. The van der Waals surface area contributed by atoms with Crippen LogP contribution in [-0.4, -0.2) is 36.4 Å². The SMILES string of the molecule is CCNC(=NCc1ccc(N(C)C)c(F)c1)NCc1ccnn1C. The lowest BCUT2D eigenvalue weighted by atomic mass is 10.2. The first-order valence-electron chi connectivity index (χ1n) is 7.96. The highest BCUT2D eigenvalue weighted by atomic mass is 19.1. The standard InChI is InChI=1S/C17H25FN6/c1-5-19-17(21-12-14-8-9-22-24(14)4)20-11-13-6-7-16(23(2)3)15(18)10-13/h6-10H,5,11-12H2,1-4H3,(H2,19,20,21). The van der Waals surface area contributed by atoms with Crippen molar-refractivity contribution in [2.45, 2.75) is 20.0 Å². The molecule has 0 aliphatic heterocycles. The van der Waals surface area contributed by atoms with E-state index in [2.05, 4.69) is 20.7 Å². The molecular formula is C17H25FN6. The van der Waals surface area contributed by atoms with E-state index in [1.165, 1.54) is 6.07 Å². The van der Waals surface area contributed by atoms with Crippen molar-refractivity contribution < 1.29 is 4.39 Å². The Hall–Kier alpha value is -2.57. The van der Waals surface area contributed by atoms with Crippen molar-refractivity contribution in [3.05, 3.63) is 47.5 Å². The average Bonchev–Trinajstić information content (AvgIpc) is 2.95. The second-order valence-electron chi connectivity index (χ2n) is 5.68. The fourth-order valence-corrected chi connectivity index (χ4v) is 2.27. The van der Waals surface area contributed by atoms with Gasteiger partial charge in [-0.2, -0.15) is 5.10 Å². The minimum atomic E-state index is -0.236. The van der Waals surface area contributed by atoms with E-state index < -0.39 is 0 Å². The summed E-state index contributed by atoms with van der Waals surface area (Å²) in [6, 6.07) is 7.15. The molecule has 0 bridgehead atoms. The van der Waals surface area contributed by atoms with Crippen LogP contribution in [0.25, 0.3) is 0 Å². The summed E-state index contributed by atoms with van der Waals surface area (Å²) in [5.74, 6) is 0.455. The van der Waals surface area contributed by atoms with Crippen molar-refractivity contribution in [3.63, 3.8) is 0 Å². The van der Waals surface area contributed by atoms with Crippen LogP contribution in [0, 0.1) is 5.82 Å². The van der Waals surface area contributed by atoms with Gasteiger partial charge in [0.1, 0.15) is 5.82 Å². The molecule has 7 heteroatoms. The van der Waals surface area contributed by atoms with Gasteiger partial charge < -0.3 is 15.5 Å². The Kier molecular flexibility index (Phi) is 6.17. The minimum absolute atomic E-state index is 0.236. The first kappa shape index (κ1) is 17.8. The first-order valence-corrected chi connectivity index (χ1v) is 7.96. The Morgan fingerprint density at radius 2 is 2.08 bits per heavy atom. The summed E-state index contributed by atoms with van der Waals surface area (Å²) in [4.78, 5) is 6.26. The number of aryl methyl sites for hydroxylation is 1. The van der Waals surface area contributed by atoms with Gasteiger partial charge in [0.25, 0.3) is 0 Å². The molecule has 0 aliphatic rings. The lowest BCUT2D eigenvalue weighted by molar-refractivity contribution is 0.623. The summed E-state index contributed by atoms with van der Waals surface area (Å²) in [5.41, 5.74) is 2.46. The topological polar surface area (TPSA) is 57.5 Å². The fraction of sp³-hybridized carbons (Fsp3) is 0.412. The van der Waals surface area contributed by atoms with Crippen LogP contribution >= 0.6 is 0 Å². The van der Waals surface area contributed by atoms with Gasteiger partial charge in [-0.1, -0.05) is 6.07 Å². The number of hydrogen-bond donors (Lipinski definition) is 2. The normalized spacial score (nSPS) is 11.5. The van der Waals surface area contributed by atoms with Crippen LogP contribution in [0.5, 0.6) is 0 Å². The molecule has 6 nitrogen and oxygen atoms in total. The fourth-order valence-electron chi connectivity index (χ4n) is 2.27. The van der Waals surface area contributed by atoms with Gasteiger partial charge in [-0.3, -0.25) is 4.68 Å². The van der Waals surface area contributed by atoms with Gasteiger partial charge in [-0.25, -0.2) is 9.38 Å². The second-order valence-corrected chi connectivity index (χ2v) is 5.68. The highest BCUT2D eigenvalue weighted by Gasteiger charge is 2.06. The van der Waals surface area contributed by atoms with Gasteiger partial charge in [0.2, 0.25) is 0 Å². The van der Waals surface area contributed by atoms with Crippen LogP contribution in [-0.2, 0) is 20.1 Å². The maximum absolute atomic E-state index is 14.0. The number of nitrogens with one attached hydrogen (secondary N) is 2. The summed E-state index contributed by atoms with van der Waals surface area (Å²) in [7, 11) is 5.54. The summed E-state index contributed by atoms with van der Waals surface area (Å²) in [5, 5.41) is 10.6. The quantitative estimate of drug-likeness (QED) is 0.626. The molecule has 24 heavy (non-hydrogen) atoms. The Morgan fingerprint density at radius 1 is 1.29 bits per heavy atom. The van der Waals surface area contributed by atoms with Crippen LogP contribution in [0.1, 0.15) is 18.2 Å². The molecular weight excluding hydrogens is 307 g/mol. The van der Waals surface area contributed by atoms with Crippen LogP contribution in [0.2, 0.25) is 0 Å². The van der Waals surface area contributed by atoms with E-state index >= 15 is 0 Å². The summed E-state index contributed by atoms with van der Waals surface area (Å²) >= 11 is 0. The van der Waals surface area contributed by atoms with Gasteiger partial charge in [0.15, 0.2) is 5.96 Å². The average molecular weight is 332 g/mol. The van der Waals surface area contributed by atoms with Crippen molar-refractivity contribution in [3.8, 4) is 0 Å². The summed E-state index contributed by atoms with van der Waals surface area (Å²) < 4.78 is 15.8. The number of nitrogens with zero attached hydrogens (tertiary/aromatic N) is 4. The Bertz CT molecular complexity index is 692. The number of rotatable bonds is 6. The van der Waals surface area contributed by atoms with Crippen molar-refractivity contribution in [1.82, 2.24) is 20.4 Å². The number of halogens is 1. The number of aromatic nitrogens is 2. The van der Waals surface area contributed by atoms with E-state index in [0.29, 0.717) is 24.7 Å². The van der Waals surface area contributed by atoms with E-state index in [9.17, 15) is 4.39 Å². The molecule has 2 rings (SSSR count). The van der Waals surface area contributed by atoms with E-state index in [0.717, 1.165) is 17.8 Å². The molecule has 0 fully saturated rings. The molecule has 0 saturated heterocycles. The Morgan fingerprint density at radius 3 is 2.67 bits per heavy atom. The Labute approximate surface area is 142 Å². The van der Waals surface area contributed by atoms with Gasteiger partial charge >= 0.3 is 0 Å². The molecule has 1 aromatic heterocycles. The zero-order valence-electron chi connectivity index (χ0n) is 14.7. The number of aliphatic imine (C=N–C) groups is 1. The molecule has 0 aliphatic carbocycles. The molecule has 2 N–H and O–H groups in total. The molecule has 0 radical (unpaired) electrons. The molecule has 0 atom stereocenters. The van der Waals surface area contributed by atoms with Gasteiger partial charge in [0.05, 0.1) is 24.5 Å². The molecule has 0 unspecified atom stereocenters. The summed E-state index contributed by atoms with van der Waals surface area (Å²) in [6.07, 6.45) is 1.76. The lowest BCUT2D eigenvalue weighted by Crippen LogP contribution is -2.37. The van der Waals surface area contributed by atoms with Crippen molar-refractivity contribution in [2.24, 2.45) is 12.0 Å². The number of hydrogen-bond acceptors (Lipinski definition) is 3. The zero-order chi connectivity index (χ0) is 17.5. The van der Waals surface area contributed by atoms with Gasteiger partial charge in [-0.05, 0) is 30.7 Å². The van der Waals surface area contributed by atoms with Crippen LogP contribution < -0.4 is 15.5 Å². The molecule has 0 spiro atoms. The largest absolute Gasteiger partial charge is 0.375 e. The van der Waals surface area contributed by atoms with Crippen molar-refractivity contribution >= 4 is 11.6 Å². The van der Waals surface area contributed by atoms with Crippen molar-refractivity contribution in [2.75, 3.05) is 25.5 Å². The van der Waals surface area contributed by atoms with E-state index in [1.807, 2.05) is 44.9 Å². The number of anilines is 1. The third-order valence-corrected chi connectivity index (χ3v) is 3.62. The number of guanidine groups is 1. The summed E-state index contributed by atoms with van der Waals surface area (Å²) in [6.45, 7) is 3.79. The maximum atomic E-state index is 14.0. The minimum Gasteiger partial charge on any atom is -0.375 e. The molecule has 0 amide bonds. The highest BCUT2D eigenvalue weighted by Crippen LogP contribution is 2.18. The van der Waals surface area contributed by atoms with Crippen LogP contribution in [0.15, 0.2) is 35.5 Å². The van der Waals surface area contributed by atoms with Gasteiger partial charge in [0, 0.05) is 33.9 Å². The molecule has 130 valence electrons. The van der Waals surface area contributed by atoms with Crippen LogP contribution in [0.4, 0.5) is 10.1 Å². The molecule has 0 saturated carbocycles. The number of benzene rings is 1. The Balaban J connectivity index is 2.02. The van der Waals surface area contributed by atoms with E-state index in [1.54, 1.807) is 17.2 Å². The second kappa shape index (κ2) is 8.33. The lowest BCUT2D eigenvalue weighted by Gasteiger charge is -2.14. The third kappa shape index (κ3) is 4.71. The first-order chi connectivity index (χ1) is 11.5.